The molecule has 116 valence electrons. The van der Waals surface area contributed by atoms with Crippen molar-refractivity contribution in [1.82, 2.24) is 0 Å². The third kappa shape index (κ3) is 4.07. The van der Waals surface area contributed by atoms with Gasteiger partial charge in [-0.15, -0.1) is 0 Å². The first kappa shape index (κ1) is 15.6. The van der Waals surface area contributed by atoms with E-state index in [2.05, 4.69) is 5.32 Å². The number of anilines is 1. The SMILES string of the molecule is CCCOc1cc(N[C@@H]2CCCC[C@H]2N)ccc1[N+](=O)[O-]. The molecule has 1 aliphatic rings. The van der Waals surface area contributed by atoms with Crippen molar-refractivity contribution in [1.29, 1.82) is 0 Å². The number of hydrogen-bond acceptors (Lipinski definition) is 5. The number of rotatable bonds is 6. The van der Waals surface area contributed by atoms with Gasteiger partial charge in [0.25, 0.3) is 0 Å². The van der Waals surface area contributed by atoms with Gasteiger partial charge in [-0.05, 0) is 25.3 Å². The van der Waals surface area contributed by atoms with Gasteiger partial charge < -0.3 is 15.8 Å². The first-order chi connectivity index (χ1) is 10.1. The number of ether oxygens (including phenoxy) is 1. The molecule has 0 bridgehead atoms. The van der Waals surface area contributed by atoms with Gasteiger partial charge in [0.2, 0.25) is 0 Å². The van der Waals surface area contributed by atoms with Crippen LogP contribution in [0, 0.1) is 10.1 Å². The van der Waals surface area contributed by atoms with Gasteiger partial charge in [0.1, 0.15) is 0 Å². The zero-order valence-electron chi connectivity index (χ0n) is 12.4. The van der Waals surface area contributed by atoms with Crippen LogP contribution in [0.2, 0.25) is 0 Å². The van der Waals surface area contributed by atoms with Crippen molar-refractivity contribution in [3.05, 3.63) is 28.3 Å². The Bertz CT molecular complexity index is 493. The molecule has 1 aromatic carbocycles. The Morgan fingerprint density at radius 3 is 2.86 bits per heavy atom. The highest BCUT2D eigenvalue weighted by Gasteiger charge is 2.22. The molecule has 0 radical (unpaired) electrons. The highest BCUT2D eigenvalue weighted by atomic mass is 16.6. The second-order valence-electron chi connectivity index (χ2n) is 5.49. The van der Waals surface area contributed by atoms with Crippen molar-refractivity contribution in [2.75, 3.05) is 11.9 Å². The fraction of sp³-hybridized carbons (Fsp3) is 0.600. The standard InChI is InChI=1S/C15H23N3O3/c1-2-9-21-15-10-11(7-8-14(15)18(19)20)17-13-6-4-3-5-12(13)16/h7-8,10,12-13,17H,2-6,9,16H2,1H3/t12-,13-/m1/s1. The smallest absolute Gasteiger partial charge is 0.311 e. The van der Waals surface area contributed by atoms with Crippen LogP contribution in [0.3, 0.4) is 0 Å². The Kier molecular flexibility index (Phi) is 5.38. The van der Waals surface area contributed by atoms with Gasteiger partial charge in [-0.25, -0.2) is 0 Å². The number of nitrogens with zero attached hydrogens (tertiary/aromatic N) is 1. The molecule has 1 aliphatic carbocycles. The lowest BCUT2D eigenvalue weighted by molar-refractivity contribution is -0.385. The van der Waals surface area contributed by atoms with E-state index in [0.717, 1.165) is 31.4 Å². The summed E-state index contributed by atoms with van der Waals surface area (Å²) < 4.78 is 5.49. The van der Waals surface area contributed by atoms with Gasteiger partial charge in [-0.3, -0.25) is 10.1 Å². The fourth-order valence-corrected chi connectivity index (χ4v) is 2.64. The van der Waals surface area contributed by atoms with E-state index >= 15 is 0 Å². The molecule has 2 rings (SSSR count). The molecule has 0 aromatic heterocycles. The van der Waals surface area contributed by atoms with Crippen LogP contribution in [0.25, 0.3) is 0 Å². The summed E-state index contributed by atoms with van der Waals surface area (Å²) in [6.45, 7) is 2.43. The second-order valence-corrected chi connectivity index (χ2v) is 5.49. The summed E-state index contributed by atoms with van der Waals surface area (Å²) in [7, 11) is 0. The molecule has 0 heterocycles. The minimum atomic E-state index is -0.416. The molecule has 0 spiro atoms. The van der Waals surface area contributed by atoms with E-state index in [0.29, 0.717) is 12.4 Å². The monoisotopic (exact) mass is 293 g/mol. The molecule has 3 N–H and O–H groups in total. The van der Waals surface area contributed by atoms with Crippen molar-refractivity contribution in [2.24, 2.45) is 5.73 Å². The van der Waals surface area contributed by atoms with E-state index in [-0.39, 0.29) is 17.8 Å². The summed E-state index contributed by atoms with van der Waals surface area (Å²) in [6.07, 6.45) is 5.19. The van der Waals surface area contributed by atoms with E-state index in [9.17, 15) is 10.1 Å². The van der Waals surface area contributed by atoms with Gasteiger partial charge in [0, 0.05) is 29.9 Å². The molecule has 1 fully saturated rings. The van der Waals surface area contributed by atoms with Gasteiger partial charge in [0.15, 0.2) is 5.75 Å². The average Bonchev–Trinajstić information content (AvgIpc) is 2.47. The van der Waals surface area contributed by atoms with Crippen molar-refractivity contribution in [3.8, 4) is 5.75 Å². The van der Waals surface area contributed by atoms with Gasteiger partial charge in [0.05, 0.1) is 11.5 Å². The molecule has 1 aromatic rings. The van der Waals surface area contributed by atoms with E-state index in [4.69, 9.17) is 10.5 Å². The summed E-state index contributed by atoms with van der Waals surface area (Å²) >= 11 is 0. The third-order valence-electron chi connectivity index (χ3n) is 3.79. The van der Waals surface area contributed by atoms with Crippen LogP contribution in [0.15, 0.2) is 18.2 Å². The predicted molar refractivity (Wildman–Crippen MR) is 82.7 cm³/mol. The van der Waals surface area contributed by atoms with Crippen LogP contribution in [-0.4, -0.2) is 23.6 Å². The summed E-state index contributed by atoms with van der Waals surface area (Å²) in [5, 5.41) is 14.4. The lowest BCUT2D eigenvalue weighted by Gasteiger charge is -2.30. The van der Waals surface area contributed by atoms with Crippen LogP contribution in [0.5, 0.6) is 5.75 Å². The summed E-state index contributed by atoms with van der Waals surface area (Å²) in [5.74, 6) is 0.316. The lowest BCUT2D eigenvalue weighted by Crippen LogP contribution is -2.42. The van der Waals surface area contributed by atoms with E-state index in [1.165, 1.54) is 12.5 Å². The van der Waals surface area contributed by atoms with Crippen LogP contribution in [0.1, 0.15) is 39.0 Å². The number of nitro benzene ring substituents is 1. The average molecular weight is 293 g/mol. The van der Waals surface area contributed by atoms with Crippen LogP contribution >= 0.6 is 0 Å². The zero-order chi connectivity index (χ0) is 15.2. The zero-order valence-corrected chi connectivity index (χ0v) is 12.4. The van der Waals surface area contributed by atoms with Gasteiger partial charge in [-0.1, -0.05) is 19.8 Å². The highest BCUT2D eigenvalue weighted by molar-refractivity contribution is 5.58. The molecule has 0 unspecified atom stereocenters. The minimum Gasteiger partial charge on any atom is -0.487 e. The molecule has 2 atom stereocenters. The van der Waals surface area contributed by atoms with E-state index < -0.39 is 4.92 Å². The third-order valence-corrected chi connectivity index (χ3v) is 3.79. The Morgan fingerprint density at radius 1 is 1.43 bits per heavy atom. The number of nitrogens with two attached hydrogens (primary N) is 1. The maximum Gasteiger partial charge on any atom is 0.311 e. The summed E-state index contributed by atoms with van der Waals surface area (Å²) in [6, 6.07) is 5.27. The molecule has 0 aliphatic heterocycles. The Morgan fingerprint density at radius 2 is 2.19 bits per heavy atom. The van der Waals surface area contributed by atoms with Crippen LogP contribution in [-0.2, 0) is 0 Å². The summed E-state index contributed by atoms with van der Waals surface area (Å²) in [5.41, 5.74) is 6.95. The molecular formula is C15H23N3O3. The molecule has 6 heteroatoms. The van der Waals surface area contributed by atoms with Crippen LogP contribution in [0.4, 0.5) is 11.4 Å². The molecule has 0 saturated heterocycles. The van der Waals surface area contributed by atoms with E-state index in [1.54, 1.807) is 12.1 Å². The number of nitrogens with one attached hydrogen (secondary N) is 1. The van der Waals surface area contributed by atoms with Crippen molar-refractivity contribution >= 4 is 11.4 Å². The fourth-order valence-electron chi connectivity index (χ4n) is 2.64. The molecule has 6 nitrogen and oxygen atoms in total. The van der Waals surface area contributed by atoms with Crippen molar-refractivity contribution in [2.45, 2.75) is 51.1 Å². The Labute approximate surface area is 124 Å². The van der Waals surface area contributed by atoms with Gasteiger partial charge >= 0.3 is 5.69 Å². The molecular weight excluding hydrogens is 270 g/mol. The largest absolute Gasteiger partial charge is 0.487 e. The lowest BCUT2D eigenvalue weighted by atomic mass is 9.91. The maximum absolute atomic E-state index is 11.0. The first-order valence-electron chi connectivity index (χ1n) is 7.55. The Balaban J connectivity index is 2.14. The van der Waals surface area contributed by atoms with Gasteiger partial charge in [-0.2, -0.15) is 0 Å². The second kappa shape index (κ2) is 7.26. The number of benzene rings is 1. The quantitative estimate of drug-likeness (QED) is 0.621. The highest BCUT2D eigenvalue weighted by Crippen LogP contribution is 2.31. The normalized spacial score (nSPS) is 21.8. The Hall–Kier alpha value is -1.82. The van der Waals surface area contributed by atoms with Crippen molar-refractivity contribution < 1.29 is 9.66 Å². The van der Waals surface area contributed by atoms with Crippen molar-refractivity contribution in [3.63, 3.8) is 0 Å². The summed E-state index contributed by atoms with van der Waals surface area (Å²) in [4.78, 5) is 10.6. The maximum atomic E-state index is 11.0. The van der Waals surface area contributed by atoms with E-state index in [1.807, 2.05) is 6.92 Å². The number of nitro groups is 1. The predicted octanol–water partition coefficient (Wildman–Crippen LogP) is 3.07. The molecule has 1 saturated carbocycles. The van der Waals surface area contributed by atoms with Crippen LogP contribution < -0.4 is 15.8 Å². The minimum absolute atomic E-state index is 0.00180. The topological polar surface area (TPSA) is 90.4 Å². The first-order valence-corrected chi connectivity index (χ1v) is 7.55. The molecule has 0 amide bonds. The molecule has 21 heavy (non-hydrogen) atoms. The number of hydrogen-bond donors (Lipinski definition) is 2.